The van der Waals surface area contributed by atoms with Gasteiger partial charge in [-0.25, -0.2) is 0 Å². The highest BCUT2D eigenvalue weighted by atomic mass is 16.3. The zero-order valence-corrected chi connectivity index (χ0v) is 29.7. The van der Waals surface area contributed by atoms with Gasteiger partial charge in [-0.15, -0.1) is 0 Å². The Kier molecular flexibility index (Phi) is 7.74. The quantitative estimate of drug-likeness (QED) is 0.175. The molecule has 0 radical (unpaired) electrons. The molecule has 0 N–H and O–H groups in total. The van der Waals surface area contributed by atoms with Crippen molar-refractivity contribution in [3.05, 3.63) is 188 Å². The van der Waals surface area contributed by atoms with Crippen molar-refractivity contribution in [2.24, 2.45) is 0 Å². The van der Waals surface area contributed by atoms with E-state index in [-0.39, 0.29) is 5.41 Å². The van der Waals surface area contributed by atoms with Crippen LogP contribution in [0.4, 0.5) is 17.1 Å². The minimum Gasteiger partial charge on any atom is -0.456 e. The summed E-state index contributed by atoms with van der Waals surface area (Å²) in [6.45, 7) is 6.85. The van der Waals surface area contributed by atoms with Crippen LogP contribution in [0.2, 0.25) is 0 Å². The summed E-state index contributed by atoms with van der Waals surface area (Å²) in [7, 11) is 0. The largest absolute Gasteiger partial charge is 0.456 e. The van der Waals surface area contributed by atoms with Crippen LogP contribution in [-0.2, 0) is 5.41 Å². The molecular weight excluding hydrogens is 631 g/mol. The van der Waals surface area contributed by atoms with E-state index in [2.05, 4.69) is 196 Å². The third-order valence-electron chi connectivity index (χ3n) is 10.2. The molecule has 0 aliphatic heterocycles. The monoisotopic (exact) mass is 669 g/mol. The molecule has 0 unspecified atom stereocenters. The van der Waals surface area contributed by atoms with Gasteiger partial charge >= 0.3 is 0 Å². The molecule has 8 aromatic carbocycles. The summed E-state index contributed by atoms with van der Waals surface area (Å²) in [5.74, 6) is 0. The fraction of sp³-hybridized carbons (Fsp3) is 0.0800. The molecule has 0 saturated carbocycles. The van der Waals surface area contributed by atoms with Gasteiger partial charge in [0.2, 0.25) is 0 Å². The van der Waals surface area contributed by atoms with Crippen LogP contribution in [0.5, 0.6) is 0 Å². The highest BCUT2D eigenvalue weighted by Gasteiger charge is 2.25. The second-order valence-electron chi connectivity index (χ2n) is 14.6. The van der Waals surface area contributed by atoms with Gasteiger partial charge in [-0.05, 0) is 86.5 Å². The number of nitrogens with zero attached hydrogens (tertiary/aromatic N) is 1. The second-order valence-corrected chi connectivity index (χ2v) is 14.6. The zero-order chi connectivity index (χ0) is 35.2. The first-order valence-corrected chi connectivity index (χ1v) is 18.0. The highest BCUT2D eigenvalue weighted by Crippen LogP contribution is 2.49. The van der Waals surface area contributed by atoms with Crippen molar-refractivity contribution in [1.82, 2.24) is 0 Å². The molecule has 0 bridgehead atoms. The lowest BCUT2D eigenvalue weighted by atomic mass is 9.84. The maximum absolute atomic E-state index is 6.32. The summed E-state index contributed by atoms with van der Waals surface area (Å²) in [6, 6.07) is 65.7. The third kappa shape index (κ3) is 5.63. The molecule has 2 nitrogen and oxygen atoms in total. The normalized spacial score (nSPS) is 11.8. The summed E-state index contributed by atoms with van der Waals surface area (Å²) < 4.78 is 6.32. The lowest BCUT2D eigenvalue weighted by Crippen LogP contribution is -2.15. The number of hydrogen-bond donors (Lipinski definition) is 0. The number of fused-ring (bicyclic) bond motifs is 4. The molecule has 250 valence electrons. The van der Waals surface area contributed by atoms with E-state index in [4.69, 9.17) is 4.42 Å². The number of para-hydroxylation sites is 1. The van der Waals surface area contributed by atoms with Crippen LogP contribution in [0, 0.1) is 0 Å². The molecule has 0 amide bonds. The van der Waals surface area contributed by atoms with Crippen molar-refractivity contribution in [2.45, 2.75) is 26.2 Å². The Hall–Kier alpha value is -6.38. The van der Waals surface area contributed by atoms with Gasteiger partial charge in [0.25, 0.3) is 0 Å². The fourth-order valence-electron chi connectivity index (χ4n) is 7.52. The number of benzene rings is 8. The molecule has 0 aliphatic rings. The summed E-state index contributed by atoms with van der Waals surface area (Å²) >= 11 is 0. The van der Waals surface area contributed by atoms with E-state index in [1.54, 1.807) is 0 Å². The van der Waals surface area contributed by atoms with Crippen molar-refractivity contribution in [3.63, 3.8) is 0 Å². The van der Waals surface area contributed by atoms with Crippen LogP contribution in [0.15, 0.2) is 186 Å². The Bertz CT molecular complexity index is 2700. The smallest absolute Gasteiger partial charge is 0.135 e. The van der Waals surface area contributed by atoms with E-state index >= 15 is 0 Å². The molecule has 1 aromatic heterocycles. The standard InChI is InChI=1S/C50H39NO/c1-50(2,3)39-27-30-45(43(32-39)36-16-8-5-9-17-36)51(40-28-31-48-44(33-40)42-20-12-13-21-47(42)52-48)46-29-26-37-18-10-11-19-41(37)49(46)38-24-22-35(23-25-38)34-14-6-4-7-15-34/h4-33H,1-3H3. The van der Waals surface area contributed by atoms with Crippen LogP contribution in [-0.4, -0.2) is 0 Å². The third-order valence-corrected chi connectivity index (χ3v) is 10.2. The molecule has 52 heavy (non-hydrogen) atoms. The number of furan rings is 1. The first kappa shape index (κ1) is 31.6. The molecule has 9 aromatic rings. The van der Waals surface area contributed by atoms with E-state index in [9.17, 15) is 0 Å². The van der Waals surface area contributed by atoms with E-state index in [0.717, 1.165) is 39.0 Å². The van der Waals surface area contributed by atoms with Gasteiger partial charge in [0.1, 0.15) is 11.2 Å². The summed E-state index contributed by atoms with van der Waals surface area (Å²) in [4.78, 5) is 2.46. The average Bonchev–Trinajstić information content (AvgIpc) is 3.56. The molecule has 1 heterocycles. The van der Waals surface area contributed by atoms with Crippen molar-refractivity contribution in [3.8, 4) is 33.4 Å². The Morgan fingerprint density at radius 3 is 1.77 bits per heavy atom. The number of anilines is 3. The van der Waals surface area contributed by atoms with E-state index < -0.39 is 0 Å². The predicted molar refractivity (Wildman–Crippen MR) is 221 cm³/mol. The van der Waals surface area contributed by atoms with Crippen molar-refractivity contribution < 1.29 is 4.42 Å². The van der Waals surface area contributed by atoms with Crippen LogP contribution in [0.3, 0.4) is 0 Å². The van der Waals surface area contributed by atoms with Gasteiger partial charge in [-0.1, -0.05) is 160 Å². The van der Waals surface area contributed by atoms with E-state index in [0.29, 0.717) is 0 Å². The number of rotatable bonds is 6. The fourth-order valence-corrected chi connectivity index (χ4v) is 7.52. The Morgan fingerprint density at radius 2 is 1.02 bits per heavy atom. The maximum Gasteiger partial charge on any atom is 0.135 e. The minimum absolute atomic E-state index is 0.0177. The van der Waals surface area contributed by atoms with Crippen LogP contribution in [0.1, 0.15) is 26.3 Å². The SMILES string of the molecule is CC(C)(C)c1ccc(N(c2ccc3oc4ccccc4c3c2)c2ccc3ccccc3c2-c2ccc(-c3ccccc3)cc2)c(-c2ccccc2)c1. The van der Waals surface area contributed by atoms with Gasteiger partial charge in [0.05, 0.1) is 11.4 Å². The average molecular weight is 670 g/mol. The molecule has 2 heteroatoms. The van der Waals surface area contributed by atoms with Crippen molar-refractivity contribution in [1.29, 1.82) is 0 Å². The second kappa shape index (κ2) is 12.7. The predicted octanol–water partition coefficient (Wildman–Crippen LogP) is 14.5. The van der Waals surface area contributed by atoms with E-state index in [1.807, 2.05) is 12.1 Å². The lowest BCUT2D eigenvalue weighted by molar-refractivity contribution is 0.590. The van der Waals surface area contributed by atoms with Gasteiger partial charge in [0.15, 0.2) is 0 Å². The molecule has 0 fully saturated rings. The van der Waals surface area contributed by atoms with Crippen LogP contribution < -0.4 is 4.90 Å². The minimum atomic E-state index is -0.0177. The Balaban J connectivity index is 1.35. The molecule has 9 rings (SSSR count). The molecule has 0 aliphatic carbocycles. The van der Waals surface area contributed by atoms with E-state index in [1.165, 1.54) is 49.7 Å². The van der Waals surface area contributed by atoms with Gasteiger partial charge < -0.3 is 9.32 Å². The molecule has 0 atom stereocenters. The van der Waals surface area contributed by atoms with Gasteiger partial charge in [-0.3, -0.25) is 0 Å². The first-order chi connectivity index (χ1) is 25.4. The van der Waals surface area contributed by atoms with Gasteiger partial charge in [0, 0.05) is 27.6 Å². The lowest BCUT2D eigenvalue weighted by Gasteiger charge is -2.32. The molecule has 0 spiro atoms. The maximum atomic E-state index is 6.32. The summed E-state index contributed by atoms with van der Waals surface area (Å²) in [5.41, 5.74) is 13.5. The highest BCUT2D eigenvalue weighted by molar-refractivity contribution is 6.09. The zero-order valence-electron chi connectivity index (χ0n) is 29.7. The summed E-state index contributed by atoms with van der Waals surface area (Å²) in [6.07, 6.45) is 0. The van der Waals surface area contributed by atoms with Gasteiger partial charge in [-0.2, -0.15) is 0 Å². The topological polar surface area (TPSA) is 16.4 Å². The molecule has 0 saturated heterocycles. The van der Waals surface area contributed by atoms with Crippen LogP contribution in [0.25, 0.3) is 66.1 Å². The first-order valence-electron chi connectivity index (χ1n) is 18.0. The Labute approximate surface area is 305 Å². The molecular formula is C50H39NO. The Morgan fingerprint density at radius 1 is 0.423 bits per heavy atom. The van der Waals surface area contributed by atoms with Crippen molar-refractivity contribution >= 4 is 49.8 Å². The van der Waals surface area contributed by atoms with Crippen LogP contribution >= 0.6 is 0 Å². The summed E-state index contributed by atoms with van der Waals surface area (Å²) in [5, 5.41) is 4.62. The van der Waals surface area contributed by atoms with Crippen molar-refractivity contribution in [2.75, 3.05) is 4.90 Å². The number of hydrogen-bond acceptors (Lipinski definition) is 2.